The van der Waals surface area contributed by atoms with Crippen molar-refractivity contribution in [2.75, 3.05) is 31.1 Å². The minimum atomic E-state index is -0.344. The van der Waals surface area contributed by atoms with Gasteiger partial charge in [0.25, 0.3) is 5.91 Å². The molecule has 0 radical (unpaired) electrons. The van der Waals surface area contributed by atoms with Gasteiger partial charge in [0.1, 0.15) is 29.4 Å². The fraction of sp³-hybridized carbons (Fsp3) is 0.161. The van der Waals surface area contributed by atoms with Crippen LogP contribution < -0.4 is 15.0 Å². The van der Waals surface area contributed by atoms with Crippen molar-refractivity contribution in [3.63, 3.8) is 0 Å². The van der Waals surface area contributed by atoms with Crippen LogP contribution in [0.3, 0.4) is 0 Å². The van der Waals surface area contributed by atoms with Crippen LogP contribution in [0.1, 0.15) is 15.9 Å². The van der Waals surface area contributed by atoms with E-state index < -0.39 is 0 Å². The third kappa shape index (κ3) is 3.74. The average molecular weight is 505 g/mol. The number of carbonyl (C=O) groups is 1. The molecule has 0 atom stereocenters. The Morgan fingerprint density at radius 1 is 0.921 bits per heavy atom. The zero-order valence-electron chi connectivity index (χ0n) is 20.7. The van der Waals surface area contributed by atoms with Gasteiger partial charge in [0, 0.05) is 37.8 Å². The zero-order chi connectivity index (χ0) is 25.6. The van der Waals surface area contributed by atoms with Crippen LogP contribution in [-0.2, 0) is 6.61 Å². The highest BCUT2D eigenvalue weighted by Crippen LogP contribution is 2.42. The Labute approximate surface area is 219 Å². The van der Waals surface area contributed by atoms with Crippen molar-refractivity contribution in [1.29, 1.82) is 0 Å². The number of hydrogen-bond acceptors (Lipinski definition) is 5. The molecular weight excluding hydrogens is 479 g/mol. The quantitative estimate of drug-likeness (QED) is 0.336. The van der Waals surface area contributed by atoms with E-state index in [1.165, 1.54) is 6.07 Å². The summed E-state index contributed by atoms with van der Waals surface area (Å²) in [5.74, 6) is -0.185. The van der Waals surface area contributed by atoms with Gasteiger partial charge < -0.3 is 15.0 Å². The predicted molar refractivity (Wildman–Crippen MR) is 146 cm³/mol. The van der Waals surface area contributed by atoms with Gasteiger partial charge >= 0.3 is 0 Å². The molecule has 1 saturated heterocycles. The first kappa shape index (κ1) is 22.7. The number of halogens is 1. The van der Waals surface area contributed by atoms with E-state index in [2.05, 4.69) is 29.6 Å². The number of aromatic nitrogens is 2. The van der Waals surface area contributed by atoms with Crippen LogP contribution >= 0.6 is 0 Å². The Kier molecular flexibility index (Phi) is 5.44. The lowest BCUT2D eigenvalue weighted by Gasteiger charge is -2.30. The predicted octanol–water partition coefficient (Wildman–Crippen LogP) is 5.50. The lowest BCUT2D eigenvalue weighted by Crippen LogP contribution is -2.43. The summed E-state index contributed by atoms with van der Waals surface area (Å²) in [7, 11) is 0. The molecule has 7 rings (SSSR count). The van der Waals surface area contributed by atoms with Crippen molar-refractivity contribution in [3.05, 3.63) is 102 Å². The normalized spacial score (nSPS) is 14.6. The van der Waals surface area contributed by atoms with E-state index in [1.807, 2.05) is 47.4 Å². The Bertz CT molecular complexity index is 1670. The molecule has 0 amide bonds. The lowest BCUT2D eigenvalue weighted by molar-refractivity contribution is 0.0965. The summed E-state index contributed by atoms with van der Waals surface area (Å²) in [4.78, 5) is 20.2. The van der Waals surface area contributed by atoms with E-state index >= 15 is 4.39 Å². The largest absolute Gasteiger partial charge is 0.487 e. The third-order valence-electron chi connectivity index (χ3n) is 7.33. The number of nitrogens with one attached hydrogen (secondary N) is 1. The van der Waals surface area contributed by atoms with Gasteiger partial charge in [-0.05, 0) is 41.0 Å². The summed E-state index contributed by atoms with van der Waals surface area (Å²) in [5, 5.41) is 3.80. The van der Waals surface area contributed by atoms with Crippen molar-refractivity contribution in [1.82, 2.24) is 14.9 Å². The maximum atomic E-state index is 15.5. The number of pyridine rings is 1. The molecule has 2 aliphatic heterocycles. The highest BCUT2D eigenvalue weighted by atomic mass is 19.1. The third-order valence-corrected chi connectivity index (χ3v) is 7.33. The Morgan fingerprint density at radius 2 is 1.68 bits per heavy atom. The van der Waals surface area contributed by atoms with E-state index in [-0.39, 0.29) is 18.3 Å². The van der Waals surface area contributed by atoms with Crippen molar-refractivity contribution < 1.29 is 13.9 Å². The molecule has 2 aliphatic rings. The Balaban J connectivity index is 1.29. The summed E-state index contributed by atoms with van der Waals surface area (Å²) in [6.07, 6.45) is 1.73. The SMILES string of the molecule is O=C1c2c(nc3cc(N4CCNCC4)c(F)cc3c2OCc2ccc(-c3ccccc3)cc2)-c2cccn21. The molecule has 1 fully saturated rings. The summed E-state index contributed by atoms with van der Waals surface area (Å²) in [6.45, 7) is 3.28. The van der Waals surface area contributed by atoms with Gasteiger partial charge in [-0.25, -0.2) is 9.37 Å². The molecule has 0 unspecified atom stereocenters. The summed E-state index contributed by atoms with van der Waals surface area (Å²) in [6, 6.07) is 25.3. The standard InChI is InChI=1S/C31H25FN4O2/c32-24-17-23-25(18-27(24)35-15-12-33-13-16-35)34-29-26-7-4-14-36(26)31(37)28(29)30(23)38-19-20-8-10-22(11-9-20)21-5-2-1-3-6-21/h1-11,14,17-18,33H,12-13,15-16,19H2. The van der Waals surface area contributed by atoms with E-state index in [1.54, 1.807) is 16.8 Å². The number of hydrogen-bond donors (Lipinski definition) is 1. The molecule has 188 valence electrons. The number of benzene rings is 3. The highest BCUT2D eigenvalue weighted by Gasteiger charge is 2.33. The first-order chi connectivity index (χ1) is 18.7. The van der Waals surface area contributed by atoms with Gasteiger partial charge in [-0.2, -0.15) is 0 Å². The summed E-state index contributed by atoms with van der Waals surface area (Å²) in [5.41, 5.74) is 6.00. The molecule has 1 N–H and O–H groups in total. The summed E-state index contributed by atoms with van der Waals surface area (Å²) >= 11 is 0. The second-order valence-corrected chi connectivity index (χ2v) is 9.64. The fourth-order valence-corrected chi connectivity index (χ4v) is 5.38. The number of anilines is 1. The lowest BCUT2D eigenvalue weighted by atomic mass is 10.0. The maximum absolute atomic E-state index is 15.5. The van der Waals surface area contributed by atoms with Crippen LogP contribution in [0, 0.1) is 5.82 Å². The molecule has 0 spiro atoms. The van der Waals surface area contributed by atoms with E-state index in [0.717, 1.165) is 48.6 Å². The number of carbonyl (C=O) groups excluding carboxylic acids is 1. The molecule has 0 aliphatic carbocycles. The van der Waals surface area contributed by atoms with Crippen molar-refractivity contribution in [2.24, 2.45) is 0 Å². The van der Waals surface area contributed by atoms with Crippen LogP contribution in [-0.4, -0.2) is 41.6 Å². The van der Waals surface area contributed by atoms with Gasteiger partial charge in [0.2, 0.25) is 0 Å². The number of piperazine rings is 1. The molecular formula is C31H25FN4O2. The molecule has 3 aromatic carbocycles. The topological polar surface area (TPSA) is 59.4 Å². The first-order valence-electron chi connectivity index (χ1n) is 12.8. The molecule has 38 heavy (non-hydrogen) atoms. The second-order valence-electron chi connectivity index (χ2n) is 9.64. The molecule has 0 saturated carbocycles. The number of rotatable bonds is 5. The highest BCUT2D eigenvalue weighted by molar-refractivity contribution is 6.14. The van der Waals surface area contributed by atoms with Crippen LogP contribution in [0.15, 0.2) is 85.1 Å². The minimum Gasteiger partial charge on any atom is -0.487 e. The fourth-order valence-electron chi connectivity index (χ4n) is 5.38. The molecule has 4 heterocycles. The molecule has 0 bridgehead atoms. The number of fused-ring (bicyclic) bond motifs is 4. The first-order valence-corrected chi connectivity index (χ1v) is 12.8. The zero-order valence-corrected chi connectivity index (χ0v) is 20.7. The van der Waals surface area contributed by atoms with Gasteiger partial charge in [0.15, 0.2) is 0 Å². The van der Waals surface area contributed by atoms with Crippen molar-refractivity contribution in [2.45, 2.75) is 6.61 Å². The van der Waals surface area contributed by atoms with Crippen LogP contribution in [0.2, 0.25) is 0 Å². The van der Waals surface area contributed by atoms with Crippen LogP contribution in [0.5, 0.6) is 5.75 Å². The van der Waals surface area contributed by atoms with Gasteiger partial charge in [-0.1, -0.05) is 54.6 Å². The Hall–Kier alpha value is -4.49. The van der Waals surface area contributed by atoms with Crippen LogP contribution in [0.25, 0.3) is 33.4 Å². The monoisotopic (exact) mass is 504 g/mol. The molecule has 2 aromatic heterocycles. The Morgan fingerprint density at radius 3 is 2.47 bits per heavy atom. The molecule has 5 aromatic rings. The molecule has 7 heteroatoms. The van der Waals surface area contributed by atoms with Gasteiger partial charge in [-0.15, -0.1) is 0 Å². The second kappa shape index (κ2) is 9.11. The average Bonchev–Trinajstić information content (AvgIpc) is 3.55. The maximum Gasteiger partial charge on any atom is 0.268 e. The number of ether oxygens (including phenoxy) is 1. The van der Waals surface area contributed by atoms with E-state index in [0.29, 0.717) is 33.6 Å². The van der Waals surface area contributed by atoms with Crippen LogP contribution in [0.4, 0.5) is 10.1 Å². The number of nitrogens with zero attached hydrogens (tertiary/aromatic N) is 3. The minimum absolute atomic E-state index is 0.213. The van der Waals surface area contributed by atoms with E-state index in [9.17, 15) is 4.79 Å². The van der Waals surface area contributed by atoms with Crippen molar-refractivity contribution >= 4 is 22.5 Å². The van der Waals surface area contributed by atoms with Gasteiger partial charge in [0.05, 0.1) is 16.9 Å². The van der Waals surface area contributed by atoms with Gasteiger partial charge in [-0.3, -0.25) is 9.36 Å². The summed E-state index contributed by atoms with van der Waals surface area (Å²) < 4.78 is 23.4. The molecule has 6 nitrogen and oxygen atoms in total. The smallest absolute Gasteiger partial charge is 0.268 e. The van der Waals surface area contributed by atoms with Crippen molar-refractivity contribution in [3.8, 4) is 28.3 Å². The van der Waals surface area contributed by atoms with E-state index in [4.69, 9.17) is 9.72 Å².